The van der Waals surface area contributed by atoms with Crippen LogP contribution in [-0.4, -0.2) is 24.0 Å². The number of rotatable bonds is 5. The van der Waals surface area contributed by atoms with E-state index in [1.807, 2.05) is 0 Å². The topological polar surface area (TPSA) is 80.3 Å². The van der Waals surface area contributed by atoms with Crippen LogP contribution in [0.1, 0.15) is 20.8 Å². The number of carbonyl (C=O) groups is 2. The van der Waals surface area contributed by atoms with E-state index in [0.29, 0.717) is 22.6 Å². The zero-order valence-electron chi connectivity index (χ0n) is 14.4. The maximum Gasteiger partial charge on any atom is 0.337 e. The summed E-state index contributed by atoms with van der Waals surface area (Å²) in [5.74, 6) is -1.21. The van der Waals surface area contributed by atoms with Crippen molar-refractivity contribution in [3.63, 3.8) is 0 Å². The van der Waals surface area contributed by atoms with E-state index in [4.69, 9.17) is 4.74 Å². The minimum atomic E-state index is -0.426. The van der Waals surface area contributed by atoms with Crippen molar-refractivity contribution in [2.24, 2.45) is 0 Å². The molecule has 2 N–H and O–H groups in total. The fourth-order valence-corrected chi connectivity index (χ4v) is 2.34. The first-order valence-electron chi connectivity index (χ1n) is 8.03. The summed E-state index contributed by atoms with van der Waals surface area (Å²) < 4.78 is 17.6. The molecule has 0 aliphatic carbocycles. The summed E-state index contributed by atoms with van der Waals surface area (Å²) in [6.45, 7) is 0. The molecule has 0 saturated carbocycles. The molecular weight excluding hydrogens is 349 g/mol. The molecule has 0 atom stereocenters. The van der Waals surface area contributed by atoms with Gasteiger partial charge >= 0.3 is 5.97 Å². The Morgan fingerprint density at radius 3 is 2.37 bits per heavy atom. The third-order valence-corrected chi connectivity index (χ3v) is 3.67. The van der Waals surface area contributed by atoms with Crippen molar-refractivity contribution in [1.82, 2.24) is 4.98 Å². The molecule has 3 aromatic rings. The Labute approximate surface area is 155 Å². The summed E-state index contributed by atoms with van der Waals surface area (Å²) in [4.78, 5) is 27.9. The second-order valence-electron chi connectivity index (χ2n) is 5.59. The molecule has 1 heterocycles. The van der Waals surface area contributed by atoms with Crippen LogP contribution < -0.4 is 10.6 Å². The summed E-state index contributed by atoms with van der Waals surface area (Å²) >= 11 is 0. The van der Waals surface area contributed by atoms with Crippen LogP contribution in [0.15, 0.2) is 66.9 Å². The maximum atomic E-state index is 12.9. The second-order valence-corrected chi connectivity index (χ2v) is 5.59. The van der Waals surface area contributed by atoms with Gasteiger partial charge in [-0.15, -0.1) is 0 Å². The van der Waals surface area contributed by atoms with Gasteiger partial charge in [-0.3, -0.25) is 4.79 Å². The first-order chi connectivity index (χ1) is 13.0. The lowest BCUT2D eigenvalue weighted by Gasteiger charge is -2.09. The minimum absolute atomic E-state index is 0.216. The number of nitrogens with zero attached hydrogens (tertiary/aromatic N) is 1. The lowest BCUT2D eigenvalue weighted by Crippen LogP contribution is -2.13. The predicted molar refractivity (Wildman–Crippen MR) is 99.7 cm³/mol. The fourth-order valence-electron chi connectivity index (χ4n) is 2.34. The molecule has 136 valence electrons. The summed E-state index contributed by atoms with van der Waals surface area (Å²) in [5.41, 5.74) is 2.45. The van der Waals surface area contributed by atoms with E-state index in [9.17, 15) is 14.0 Å². The number of methoxy groups -OCH3 is 1. The van der Waals surface area contributed by atoms with E-state index in [2.05, 4.69) is 15.6 Å². The normalized spacial score (nSPS) is 10.1. The number of ether oxygens (including phenoxy) is 1. The van der Waals surface area contributed by atoms with E-state index in [-0.39, 0.29) is 11.5 Å². The molecule has 7 heteroatoms. The number of anilines is 3. The van der Waals surface area contributed by atoms with Crippen LogP contribution in [0.3, 0.4) is 0 Å². The van der Waals surface area contributed by atoms with E-state index >= 15 is 0 Å². The largest absolute Gasteiger partial charge is 0.465 e. The fraction of sp³-hybridized carbons (Fsp3) is 0.0500. The minimum Gasteiger partial charge on any atom is -0.465 e. The molecule has 27 heavy (non-hydrogen) atoms. The molecule has 3 rings (SSSR count). The molecule has 1 aromatic heterocycles. The lowest BCUT2D eigenvalue weighted by atomic mass is 10.2. The number of nitrogens with one attached hydrogen (secondary N) is 2. The predicted octanol–water partition coefficient (Wildman–Crippen LogP) is 4.00. The molecule has 0 spiro atoms. The zero-order valence-corrected chi connectivity index (χ0v) is 14.4. The van der Waals surface area contributed by atoms with Crippen molar-refractivity contribution in [3.05, 3.63) is 83.9 Å². The van der Waals surface area contributed by atoms with Crippen LogP contribution in [0.4, 0.5) is 21.5 Å². The number of benzene rings is 2. The van der Waals surface area contributed by atoms with Gasteiger partial charge in [0.15, 0.2) is 0 Å². The molecule has 2 aromatic carbocycles. The van der Waals surface area contributed by atoms with Gasteiger partial charge in [0, 0.05) is 11.4 Å². The lowest BCUT2D eigenvalue weighted by molar-refractivity contribution is 0.0600. The van der Waals surface area contributed by atoms with Gasteiger partial charge in [0.25, 0.3) is 5.91 Å². The Morgan fingerprint density at radius 2 is 1.70 bits per heavy atom. The van der Waals surface area contributed by atoms with E-state index in [1.165, 1.54) is 37.6 Å². The monoisotopic (exact) mass is 365 g/mol. The molecule has 0 radical (unpaired) electrons. The zero-order chi connectivity index (χ0) is 19.2. The average Bonchev–Trinajstić information content (AvgIpc) is 2.70. The standard InChI is InChI=1S/C20H16FN3O3/c1-27-20(26)13-3-2-4-16(11-13)23-17-9-10-18(22-12-17)19(25)24-15-7-5-14(21)6-8-15/h2-12,23H,1H3,(H,24,25). The first-order valence-corrected chi connectivity index (χ1v) is 8.03. The Morgan fingerprint density at radius 1 is 0.963 bits per heavy atom. The molecule has 0 bridgehead atoms. The second kappa shape index (κ2) is 8.09. The maximum absolute atomic E-state index is 12.9. The van der Waals surface area contributed by atoms with Crippen LogP contribution >= 0.6 is 0 Å². The van der Waals surface area contributed by atoms with Gasteiger partial charge < -0.3 is 15.4 Å². The molecule has 0 unspecified atom stereocenters. The summed E-state index contributed by atoms with van der Waals surface area (Å²) in [6.07, 6.45) is 1.50. The number of hydrogen-bond acceptors (Lipinski definition) is 5. The molecule has 0 aliphatic heterocycles. The van der Waals surface area contributed by atoms with Gasteiger partial charge in [0.2, 0.25) is 0 Å². The summed E-state index contributed by atoms with van der Waals surface area (Å²) in [7, 11) is 1.32. The molecule has 6 nitrogen and oxygen atoms in total. The number of esters is 1. The molecule has 0 fully saturated rings. The van der Waals surface area contributed by atoms with Crippen LogP contribution in [0.25, 0.3) is 0 Å². The van der Waals surface area contributed by atoms with Crippen molar-refractivity contribution in [2.45, 2.75) is 0 Å². The van der Waals surface area contributed by atoms with Gasteiger partial charge in [0.1, 0.15) is 11.5 Å². The number of carbonyl (C=O) groups excluding carboxylic acids is 2. The van der Waals surface area contributed by atoms with Crippen molar-refractivity contribution in [2.75, 3.05) is 17.7 Å². The van der Waals surface area contributed by atoms with Gasteiger partial charge in [-0.05, 0) is 54.6 Å². The number of hydrogen-bond donors (Lipinski definition) is 2. The number of aromatic nitrogens is 1. The van der Waals surface area contributed by atoms with Gasteiger partial charge in [-0.25, -0.2) is 14.2 Å². The van der Waals surface area contributed by atoms with E-state index in [0.717, 1.165) is 0 Å². The van der Waals surface area contributed by atoms with Crippen molar-refractivity contribution < 1.29 is 18.7 Å². The highest BCUT2D eigenvalue weighted by molar-refractivity contribution is 6.03. The molecule has 0 aliphatic rings. The van der Waals surface area contributed by atoms with Gasteiger partial charge in [-0.2, -0.15) is 0 Å². The highest BCUT2D eigenvalue weighted by atomic mass is 19.1. The van der Waals surface area contributed by atoms with Crippen LogP contribution in [0.5, 0.6) is 0 Å². The molecule has 0 saturated heterocycles. The number of pyridine rings is 1. The quantitative estimate of drug-likeness (QED) is 0.668. The summed E-state index contributed by atoms with van der Waals surface area (Å²) in [5, 5.41) is 5.74. The van der Waals surface area contributed by atoms with Crippen LogP contribution in [0, 0.1) is 5.82 Å². The van der Waals surface area contributed by atoms with Crippen molar-refractivity contribution in [1.29, 1.82) is 0 Å². The van der Waals surface area contributed by atoms with Crippen molar-refractivity contribution >= 4 is 28.9 Å². The van der Waals surface area contributed by atoms with Crippen molar-refractivity contribution in [3.8, 4) is 0 Å². The Balaban J connectivity index is 1.67. The average molecular weight is 365 g/mol. The highest BCUT2D eigenvalue weighted by Crippen LogP contribution is 2.18. The number of halogens is 1. The van der Waals surface area contributed by atoms with Crippen LogP contribution in [0.2, 0.25) is 0 Å². The Hall–Kier alpha value is -3.74. The SMILES string of the molecule is COC(=O)c1cccc(Nc2ccc(C(=O)Nc3ccc(F)cc3)nc2)c1. The third kappa shape index (κ3) is 4.66. The highest BCUT2D eigenvalue weighted by Gasteiger charge is 2.09. The summed E-state index contributed by atoms with van der Waals surface area (Å²) in [6, 6.07) is 15.5. The molecule has 1 amide bonds. The van der Waals surface area contributed by atoms with Crippen LogP contribution in [-0.2, 0) is 4.74 Å². The molecular formula is C20H16FN3O3. The van der Waals surface area contributed by atoms with E-state index < -0.39 is 11.9 Å². The Kier molecular flexibility index (Phi) is 5.41. The number of amides is 1. The van der Waals surface area contributed by atoms with Gasteiger partial charge in [-0.1, -0.05) is 6.07 Å². The van der Waals surface area contributed by atoms with Gasteiger partial charge in [0.05, 0.1) is 24.6 Å². The first kappa shape index (κ1) is 18.1. The Bertz CT molecular complexity index is 957. The van der Waals surface area contributed by atoms with E-state index in [1.54, 1.807) is 36.4 Å². The smallest absolute Gasteiger partial charge is 0.337 e. The third-order valence-electron chi connectivity index (χ3n) is 3.67.